The van der Waals surface area contributed by atoms with E-state index in [2.05, 4.69) is 0 Å². The Morgan fingerprint density at radius 2 is 0.826 bits per heavy atom. The summed E-state index contributed by atoms with van der Waals surface area (Å²) in [6, 6.07) is 0. The minimum absolute atomic E-state index is 0.351. The van der Waals surface area contributed by atoms with Gasteiger partial charge in [-0.2, -0.15) is 0 Å². The first kappa shape index (κ1) is 22.9. The van der Waals surface area contributed by atoms with Crippen LogP contribution in [0.1, 0.15) is 110 Å². The van der Waals surface area contributed by atoms with E-state index in [1.807, 2.05) is 0 Å². The van der Waals surface area contributed by atoms with Crippen LogP contribution in [0.15, 0.2) is 0 Å². The van der Waals surface area contributed by atoms with Gasteiger partial charge in [-0.15, -0.1) is 0 Å². The molecular weight excluding hydrogens is 288 g/mol. The summed E-state index contributed by atoms with van der Waals surface area (Å²) >= 11 is 0. The summed E-state index contributed by atoms with van der Waals surface area (Å²) < 4.78 is 0. The Hall–Kier alpha value is -0.120. The van der Waals surface area contributed by atoms with Crippen LogP contribution < -0.4 is 0 Å². The van der Waals surface area contributed by atoms with E-state index in [0.717, 1.165) is 19.3 Å². The molecule has 23 heavy (non-hydrogen) atoms. The molecule has 0 aromatic heterocycles. The van der Waals surface area contributed by atoms with E-state index in [1.54, 1.807) is 6.92 Å². The molecule has 0 saturated carbocycles. The molecule has 0 spiro atoms. The first-order valence-electron chi connectivity index (χ1n) is 10.2. The second-order valence-electron chi connectivity index (χ2n) is 7.12. The highest BCUT2D eigenvalue weighted by Crippen LogP contribution is 2.14. The van der Waals surface area contributed by atoms with Crippen LogP contribution in [-0.2, 0) is 0 Å². The van der Waals surface area contributed by atoms with Crippen molar-refractivity contribution in [1.82, 2.24) is 0 Å². The van der Waals surface area contributed by atoms with Gasteiger partial charge in [0.05, 0.1) is 12.2 Å². The molecule has 0 rings (SSSR count). The molecule has 0 radical (unpaired) electrons. The molecule has 2 unspecified atom stereocenters. The monoisotopic (exact) mass is 330 g/mol. The molecule has 2 atom stereocenters. The van der Waals surface area contributed by atoms with Gasteiger partial charge in [0.2, 0.25) is 0 Å². The molecule has 0 aromatic rings. The molecule has 0 aliphatic rings. The largest absolute Gasteiger partial charge is 0.396 e. The van der Waals surface area contributed by atoms with Gasteiger partial charge in [0.1, 0.15) is 0 Å². The zero-order chi connectivity index (χ0) is 17.2. The molecule has 0 aromatic carbocycles. The molecular formula is C20H42O3. The maximum atomic E-state index is 9.48. The SMILES string of the molecule is CC(O)C(O)CCCCCCCCCCCCCCCCCO. The van der Waals surface area contributed by atoms with Gasteiger partial charge in [-0.1, -0.05) is 89.9 Å². The molecule has 0 aliphatic carbocycles. The third-order valence-corrected chi connectivity index (χ3v) is 4.71. The van der Waals surface area contributed by atoms with Crippen molar-refractivity contribution in [3.63, 3.8) is 0 Å². The summed E-state index contributed by atoms with van der Waals surface area (Å²) in [7, 11) is 0. The van der Waals surface area contributed by atoms with Gasteiger partial charge in [-0.05, 0) is 19.8 Å². The fraction of sp³-hybridized carbons (Fsp3) is 1.00. The van der Waals surface area contributed by atoms with Crippen molar-refractivity contribution in [2.75, 3.05) is 6.61 Å². The van der Waals surface area contributed by atoms with Crippen LogP contribution in [0.4, 0.5) is 0 Å². The first-order chi connectivity index (χ1) is 11.2. The number of rotatable bonds is 18. The van der Waals surface area contributed by atoms with Crippen LogP contribution in [0, 0.1) is 0 Å². The molecule has 140 valence electrons. The van der Waals surface area contributed by atoms with Gasteiger partial charge < -0.3 is 15.3 Å². The topological polar surface area (TPSA) is 60.7 Å². The highest BCUT2D eigenvalue weighted by Gasteiger charge is 2.09. The quantitative estimate of drug-likeness (QED) is 0.311. The maximum Gasteiger partial charge on any atom is 0.0796 e. The maximum absolute atomic E-state index is 9.48. The average molecular weight is 331 g/mol. The van der Waals surface area contributed by atoms with E-state index in [1.165, 1.54) is 83.5 Å². The molecule has 0 heterocycles. The Morgan fingerprint density at radius 3 is 1.13 bits per heavy atom. The third-order valence-electron chi connectivity index (χ3n) is 4.71. The Balaban J connectivity index is 3.03. The number of aliphatic hydroxyl groups is 3. The zero-order valence-corrected chi connectivity index (χ0v) is 15.5. The molecule has 3 nitrogen and oxygen atoms in total. The van der Waals surface area contributed by atoms with Crippen LogP contribution in [0.3, 0.4) is 0 Å². The van der Waals surface area contributed by atoms with Crippen molar-refractivity contribution in [3.8, 4) is 0 Å². The summed E-state index contributed by atoms with van der Waals surface area (Å²) in [5, 5.41) is 27.4. The number of hydrogen-bond acceptors (Lipinski definition) is 3. The highest BCUT2D eigenvalue weighted by atomic mass is 16.3. The predicted molar refractivity (Wildman–Crippen MR) is 98.6 cm³/mol. The summed E-state index contributed by atoms with van der Waals surface area (Å²) in [5.41, 5.74) is 0. The molecule has 3 heteroatoms. The van der Waals surface area contributed by atoms with Gasteiger partial charge in [0.25, 0.3) is 0 Å². The van der Waals surface area contributed by atoms with E-state index < -0.39 is 12.2 Å². The summed E-state index contributed by atoms with van der Waals surface area (Å²) in [5.74, 6) is 0. The van der Waals surface area contributed by atoms with Crippen LogP contribution in [0.2, 0.25) is 0 Å². The normalized spacial score (nSPS) is 14.1. The number of unbranched alkanes of at least 4 members (excludes halogenated alkanes) is 14. The Labute approximate surface area is 144 Å². The van der Waals surface area contributed by atoms with Crippen LogP contribution >= 0.6 is 0 Å². The highest BCUT2D eigenvalue weighted by molar-refractivity contribution is 4.61. The molecule has 0 amide bonds. The van der Waals surface area contributed by atoms with Crippen LogP contribution in [0.5, 0.6) is 0 Å². The molecule has 0 fully saturated rings. The van der Waals surface area contributed by atoms with Crippen LogP contribution in [-0.4, -0.2) is 34.1 Å². The van der Waals surface area contributed by atoms with Gasteiger partial charge in [-0.3, -0.25) is 0 Å². The summed E-state index contributed by atoms with van der Waals surface area (Å²) in [6.07, 6.45) is 18.8. The van der Waals surface area contributed by atoms with Gasteiger partial charge in [0.15, 0.2) is 0 Å². The molecule has 3 N–H and O–H groups in total. The fourth-order valence-electron chi connectivity index (χ4n) is 3.00. The van der Waals surface area contributed by atoms with Crippen molar-refractivity contribution in [2.24, 2.45) is 0 Å². The lowest BCUT2D eigenvalue weighted by molar-refractivity contribution is 0.0247. The number of aliphatic hydroxyl groups excluding tert-OH is 3. The Kier molecular flexibility index (Phi) is 18.1. The lowest BCUT2D eigenvalue weighted by Gasteiger charge is -2.12. The average Bonchev–Trinajstić information content (AvgIpc) is 2.54. The van der Waals surface area contributed by atoms with Crippen molar-refractivity contribution < 1.29 is 15.3 Å². The van der Waals surface area contributed by atoms with Crippen LogP contribution in [0.25, 0.3) is 0 Å². The second-order valence-corrected chi connectivity index (χ2v) is 7.12. The van der Waals surface area contributed by atoms with Crippen molar-refractivity contribution >= 4 is 0 Å². The predicted octanol–water partition coefficient (Wildman–Crippen LogP) is 4.96. The minimum atomic E-state index is -0.587. The van der Waals surface area contributed by atoms with E-state index in [-0.39, 0.29) is 0 Å². The van der Waals surface area contributed by atoms with E-state index in [9.17, 15) is 10.2 Å². The van der Waals surface area contributed by atoms with Gasteiger partial charge in [0, 0.05) is 6.61 Å². The Morgan fingerprint density at radius 1 is 0.522 bits per heavy atom. The number of hydrogen-bond donors (Lipinski definition) is 3. The summed E-state index contributed by atoms with van der Waals surface area (Å²) in [6.45, 7) is 2.01. The van der Waals surface area contributed by atoms with E-state index in [0.29, 0.717) is 6.61 Å². The first-order valence-corrected chi connectivity index (χ1v) is 10.2. The smallest absolute Gasteiger partial charge is 0.0796 e. The lowest BCUT2D eigenvalue weighted by atomic mass is 10.0. The van der Waals surface area contributed by atoms with Crippen molar-refractivity contribution in [1.29, 1.82) is 0 Å². The van der Waals surface area contributed by atoms with E-state index in [4.69, 9.17) is 5.11 Å². The molecule has 0 aliphatic heterocycles. The van der Waals surface area contributed by atoms with E-state index >= 15 is 0 Å². The third kappa shape index (κ3) is 18.1. The summed E-state index contributed by atoms with van der Waals surface area (Å²) in [4.78, 5) is 0. The van der Waals surface area contributed by atoms with Crippen molar-refractivity contribution in [2.45, 2.75) is 122 Å². The zero-order valence-electron chi connectivity index (χ0n) is 15.5. The lowest BCUT2D eigenvalue weighted by Crippen LogP contribution is -2.21. The van der Waals surface area contributed by atoms with Gasteiger partial charge >= 0.3 is 0 Å². The fourth-order valence-corrected chi connectivity index (χ4v) is 3.00. The minimum Gasteiger partial charge on any atom is -0.396 e. The second kappa shape index (κ2) is 18.2. The molecule has 0 saturated heterocycles. The van der Waals surface area contributed by atoms with Crippen molar-refractivity contribution in [3.05, 3.63) is 0 Å². The molecule has 0 bridgehead atoms. The Bertz CT molecular complexity index is 219. The standard InChI is InChI=1S/C20H42O3/c1-19(22)20(23)17-15-13-11-9-7-5-3-2-4-6-8-10-12-14-16-18-21/h19-23H,2-18H2,1H3. The van der Waals surface area contributed by atoms with Gasteiger partial charge in [-0.25, -0.2) is 0 Å².